The molecule has 2 aromatic carbocycles. The van der Waals surface area contributed by atoms with Gasteiger partial charge in [0, 0.05) is 24.6 Å². The zero-order chi connectivity index (χ0) is 18.9. The van der Waals surface area contributed by atoms with Gasteiger partial charge in [-0.15, -0.1) is 11.3 Å². The molecule has 5 rings (SSSR count). The molecule has 0 radical (unpaired) electrons. The van der Waals surface area contributed by atoms with Crippen LogP contribution in [0.15, 0.2) is 61.2 Å². The third-order valence-electron chi connectivity index (χ3n) is 5.17. The van der Waals surface area contributed by atoms with E-state index < -0.39 is 0 Å². The Hall–Kier alpha value is -3.06. The monoisotopic (exact) mass is 389 g/mol. The Labute approximate surface area is 166 Å². The number of thiazole rings is 1. The van der Waals surface area contributed by atoms with Gasteiger partial charge in [0.05, 0.1) is 20.9 Å². The number of hydrogen-bond donors (Lipinski definition) is 0. The van der Waals surface area contributed by atoms with Gasteiger partial charge in [0.15, 0.2) is 0 Å². The summed E-state index contributed by atoms with van der Waals surface area (Å²) in [5.41, 5.74) is 2.64. The van der Waals surface area contributed by atoms with E-state index in [4.69, 9.17) is 4.98 Å². The van der Waals surface area contributed by atoms with Crippen molar-refractivity contribution in [3.8, 4) is 5.69 Å². The van der Waals surface area contributed by atoms with Crippen LogP contribution in [0.1, 0.15) is 34.1 Å². The molecular formula is C21H19N5OS. The van der Waals surface area contributed by atoms with Gasteiger partial charge < -0.3 is 4.90 Å². The van der Waals surface area contributed by atoms with Gasteiger partial charge in [-0.1, -0.05) is 12.1 Å². The summed E-state index contributed by atoms with van der Waals surface area (Å²) in [5.74, 6) is 0.389. The van der Waals surface area contributed by atoms with Crippen LogP contribution in [-0.4, -0.2) is 43.6 Å². The quantitative estimate of drug-likeness (QED) is 0.533. The smallest absolute Gasteiger partial charge is 0.253 e. The summed E-state index contributed by atoms with van der Waals surface area (Å²) in [6, 6.07) is 15.8. The molecule has 1 atom stereocenters. The summed E-state index contributed by atoms with van der Waals surface area (Å²) in [6.07, 6.45) is 5.22. The number of aromatic nitrogens is 4. The fraction of sp³-hybridized carbons (Fsp3) is 0.238. The second-order valence-corrected chi connectivity index (χ2v) is 8.06. The van der Waals surface area contributed by atoms with E-state index in [-0.39, 0.29) is 5.91 Å². The number of hydrogen-bond acceptors (Lipinski definition) is 5. The van der Waals surface area contributed by atoms with Crippen molar-refractivity contribution in [2.75, 3.05) is 13.1 Å². The van der Waals surface area contributed by atoms with Gasteiger partial charge in [0.2, 0.25) is 0 Å². The van der Waals surface area contributed by atoms with E-state index in [9.17, 15) is 4.79 Å². The second kappa shape index (κ2) is 7.16. The number of benzene rings is 2. The van der Waals surface area contributed by atoms with Crippen molar-refractivity contribution in [1.82, 2.24) is 24.6 Å². The van der Waals surface area contributed by atoms with Gasteiger partial charge in [-0.3, -0.25) is 4.79 Å². The fourth-order valence-corrected chi connectivity index (χ4v) is 4.80. The third kappa shape index (κ3) is 3.18. The Morgan fingerprint density at radius 3 is 2.75 bits per heavy atom. The molecule has 1 amide bonds. The zero-order valence-corrected chi connectivity index (χ0v) is 16.0. The molecule has 0 aliphatic carbocycles. The molecule has 4 aromatic rings. The molecular weight excluding hydrogens is 370 g/mol. The molecule has 6 nitrogen and oxygen atoms in total. The molecule has 3 heterocycles. The van der Waals surface area contributed by atoms with Crippen molar-refractivity contribution in [2.45, 2.75) is 18.8 Å². The predicted octanol–water partition coefficient (Wildman–Crippen LogP) is 3.90. The average molecular weight is 389 g/mol. The summed E-state index contributed by atoms with van der Waals surface area (Å²) in [7, 11) is 0. The largest absolute Gasteiger partial charge is 0.338 e. The first-order valence-electron chi connectivity index (χ1n) is 9.38. The molecule has 0 saturated carbocycles. The molecule has 2 aromatic heterocycles. The molecule has 1 saturated heterocycles. The van der Waals surface area contributed by atoms with E-state index in [2.05, 4.69) is 22.2 Å². The highest BCUT2D eigenvalue weighted by molar-refractivity contribution is 7.18. The zero-order valence-electron chi connectivity index (χ0n) is 15.2. The Bertz CT molecular complexity index is 1070. The Kier molecular flexibility index (Phi) is 4.37. The molecule has 140 valence electrons. The first-order chi connectivity index (χ1) is 13.8. The normalized spacial score (nSPS) is 17.1. The van der Waals surface area contributed by atoms with Crippen LogP contribution in [0.5, 0.6) is 0 Å². The maximum Gasteiger partial charge on any atom is 0.253 e. The summed E-state index contributed by atoms with van der Waals surface area (Å²) >= 11 is 1.75. The number of rotatable bonds is 3. The minimum absolute atomic E-state index is 0.0796. The first-order valence-corrected chi connectivity index (χ1v) is 10.2. The Morgan fingerprint density at radius 1 is 1.11 bits per heavy atom. The third-order valence-corrected chi connectivity index (χ3v) is 6.36. The lowest BCUT2D eigenvalue weighted by Gasteiger charge is -2.32. The maximum absolute atomic E-state index is 13.0. The van der Waals surface area contributed by atoms with E-state index in [1.807, 2.05) is 41.3 Å². The lowest BCUT2D eigenvalue weighted by molar-refractivity contribution is 0.0707. The standard InChI is InChI=1S/C21H19N5OS/c27-21(15-7-9-17(10-8-15)26-14-22-13-23-26)25-11-3-4-16(12-25)20-24-18-5-1-2-6-19(18)28-20/h1-2,5-10,13-14,16H,3-4,11-12H2/t16-/m0/s1. The second-order valence-electron chi connectivity index (χ2n) is 7.00. The molecule has 0 spiro atoms. The van der Waals surface area contributed by atoms with E-state index in [1.165, 1.54) is 11.0 Å². The first kappa shape index (κ1) is 17.1. The molecule has 0 N–H and O–H groups in total. The molecule has 7 heteroatoms. The molecule has 0 unspecified atom stereocenters. The SMILES string of the molecule is O=C(c1ccc(-n2cncn2)cc1)N1CCC[C@H](c2nc3ccccc3s2)C1. The van der Waals surface area contributed by atoms with Crippen LogP contribution in [0.2, 0.25) is 0 Å². The van der Waals surface area contributed by atoms with E-state index in [0.29, 0.717) is 11.5 Å². The number of nitrogens with zero attached hydrogens (tertiary/aromatic N) is 5. The van der Waals surface area contributed by atoms with Crippen LogP contribution in [0.3, 0.4) is 0 Å². The number of para-hydroxylation sites is 1. The van der Waals surface area contributed by atoms with Crippen molar-refractivity contribution in [2.24, 2.45) is 0 Å². The Morgan fingerprint density at radius 2 is 1.96 bits per heavy atom. The van der Waals surface area contributed by atoms with Crippen LogP contribution in [0, 0.1) is 0 Å². The van der Waals surface area contributed by atoms with Crippen LogP contribution in [0.25, 0.3) is 15.9 Å². The van der Waals surface area contributed by atoms with Gasteiger partial charge in [0.25, 0.3) is 5.91 Å². The highest BCUT2D eigenvalue weighted by Gasteiger charge is 2.27. The average Bonchev–Trinajstić information content (AvgIpc) is 3.43. The van der Waals surface area contributed by atoms with Crippen molar-refractivity contribution >= 4 is 27.5 Å². The number of piperidine rings is 1. The van der Waals surface area contributed by atoms with Crippen LogP contribution >= 0.6 is 11.3 Å². The summed E-state index contributed by atoms with van der Waals surface area (Å²) in [4.78, 5) is 23.7. The van der Waals surface area contributed by atoms with Crippen LogP contribution in [0.4, 0.5) is 0 Å². The molecule has 1 fully saturated rings. The minimum atomic E-state index is 0.0796. The molecule has 1 aliphatic rings. The molecule has 1 aliphatic heterocycles. The molecule has 28 heavy (non-hydrogen) atoms. The number of likely N-dealkylation sites (tertiary alicyclic amines) is 1. The van der Waals surface area contributed by atoms with E-state index >= 15 is 0 Å². The van der Waals surface area contributed by atoms with E-state index in [0.717, 1.165) is 42.1 Å². The fourth-order valence-electron chi connectivity index (χ4n) is 3.71. The Balaban J connectivity index is 1.33. The highest BCUT2D eigenvalue weighted by atomic mass is 32.1. The van der Waals surface area contributed by atoms with Gasteiger partial charge in [-0.2, -0.15) is 5.10 Å². The van der Waals surface area contributed by atoms with Crippen molar-refractivity contribution < 1.29 is 4.79 Å². The van der Waals surface area contributed by atoms with Crippen LogP contribution < -0.4 is 0 Å². The van der Waals surface area contributed by atoms with Crippen LogP contribution in [-0.2, 0) is 0 Å². The van der Waals surface area contributed by atoms with Gasteiger partial charge >= 0.3 is 0 Å². The number of amides is 1. The number of carbonyl (C=O) groups is 1. The summed E-state index contributed by atoms with van der Waals surface area (Å²) in [5, 5.41) is 5.26. The van der Waals surface area contributed by atoms with Gasteiger partial charge in [-0.25, -0.2) is 14.6 Å². The van der Waals surface area contributed by atoms with Gasteiger partial charge in [-0.05, 0) is 49.2 Å². The minimum Gasteiger partial charge on any atom is -0.338 e. The maximum atomic E-state index is 13.0. The summed E-state index contributed by atoms with van der Waals surface area (Å²) in [6.45, 7) is 1.52. The van der Waals surface area contributed by atoms with Crippen molar-refractivity contribution in [1.29, 1.82) is 0 Å². The van der Waals surface area contributed by atoms with Gasteiger partial charge in [0.1, 0.15) is 12.7 Å². The highest BCUT2D eigenvalue weighted by Crippen LogP contribution is 2.33. The number of fused-ring (bicyclic) bond motifs is 1. The predicted molar refractivity (Wildman–Crippen MR) is 109 cm³/mol. The van der Waals surface area contributed by atoms with E-state index in [1.54, 1.807) is 22.3 Å². The summed E-state index contributed by atoms with van der Waals surface area (Å²) < 4.78 is 2.89. The number of carbonyl (C=O) groups excluding carboxylic acids is 1. The lowest BCUT2D eigenvalue weighted by atomic mass is 9.98. The van der Waals surface area contributed by atoms with Crippen molar-refractivity contribution in [3.63, 3.8) is 0 Å². The van der Waals surface area contributed by atoms with Crippen molar-refractivity contribution in [3.05, 3.63) is 71.8 Å². The molecule has 0 bridgehead atoms. The topological polar surface area (TPSA) is 63.9 Å². The lowest BCUT2D eigenvalue weighted by Crippen LogP contribution is -2.39.